The summed E-state index contributed by atoms with van der Waals surface area (Å²) < 4.78 is 5.22. The third kappa shape index (κ3) is 10.5. The van der Waals surface area contributed by atoms with Gasteiger partial charge in [-0.2, -0.15) is 0 Å². The van der Waals surface area contributed by atoms with Crippen LogP contribution < -0.4 is 21.4 Å². The predicted octanol–water partition coefficient (Wildman–Crippen LogP) is -0.641. The van der Waals surface area contributed by atoms with Crippen molar-refractivity contribution < 1.29 is 14.3 Å². The second-order valence-corrected chi connectivity index (χ2v) is 7.28. The Morgan fingerprint density at radius 1 is 1.00 bits per heavy atom. The van der Waals surface area contributed by atoms with Gasteiger partial charge in [-0.15, -0.1) is 0 Å². The molecule has 1 rings (SSSR count). The van der Waals surface area contributed by atoms with Crippen molar-refractivity contribution in [3.8, 4) is 0 Å². The average molecular weight is 373 g/mol. The molecule has 0 spiro atoms. The number of nitrogens with zero attached hydrogens (tertiary/aromatic N) is 2. The molecule has 0 unspecified atom stereocenters. The maximum Gasteiger partial charge on any atom is 0.426 e. The molecule has 9 nitrogen and oxygen atoms in total. The molecule has 2 amide bonds. The normalized spacial score (nSPS) is 18.3. The van der Waals surface area contributed by atoms with Gasteiger partial charge in [0.05, 0.1) is 6.54 Å². The van der Waals surface area contributed by atoms with Crippen molar-refractivity contribution in [2.75, 3.05) is 65.4 Å². The van der Waals surface area contributed by atoms with Crippen LogP contribution in [0.3, 0.4) is 0 Å². The fourth-order valence-corrected chi connectivity index (χ4v) is 2.48. The first kappa shape index (κ1) is 22.6. The van der Waals surface area contributed by atoms with E-state index >= 15 is 0 Å². The van der Waals surface area contributed by atoms with Crippen LogP contribution in [0, 0.1) is 0 Å². The number of hydrogen-bond donors (Lipinski definition) is 4. The van der Waals surface area contributed by atoms with E-state index in [1.165, 1.54) is 5.01 Å². The molecule has 152 valence electrons. The molecule has 0 aromatic heterocycles. The van der Waals surface area contributed by atoms with Gasteiger partial charge in [-0.1, -0.05) is 0 Å². The third-order valence-electron chi connectivity index (χ3n) is 3.77. The lowest BCUT2D eigenvalue weighted by atomic mass is 10.2. The van der Waals surface area contributed by atoms with Crippen molar-refractivity contribution in [3.63, 3.8) is 0 Å². The lowest BCUT2D eigenvalue weighted by Gasteiger charge is -2.28. The van der Waals surface area contributed by atoms with Gasteiger partial charge in [-0.05, 0) is 27.7 Å². The molecule has 1 saturated heterocycles. The first-order chi connectivity index (χ1) is 12.3. The first-order valence-electron chi connectivity index (χ1n) is 9.46. The van der Waals surface area contributed by atoms with Gasteiger partial charge < -0.3 is 20.7 Å². The Morgan fingerprint density at radius 2 is 1.50 bits per heavy atom. The number of hydrazine groups is 1. The van der Waals surface area contributed by atoms with E-state index in [9.17, 15) is 9.59 Å². The number of hydrogen-bond acceptors (Lipinski definition) is 7. The Balaban J connectivity index is 2.51. The molecule has 1 fully saturated rings. The highest BCUT2D eigenvalue weighted by Crippen LogP contribution is 2.06. The second-order valence-electron chi connectivity index (χ2n) is 7.28. The number of carbonyl (C=O) groups excluding carboxylic acids is 2. The monoisotopic (exact) mass is 372 g/mol. The van der Waals surface area contributed by atoms with Gasteiger partial charge in [0.2, 0.25) is 0 Å². The quantitative estimate of drug-likeness (QED) is 0.489. The van der Waals surface area contributed by atoms with Gasteiger partial charge in [-0.3, -0.25) is 14.7 Å². The van der Waals surface area contributed by atoms with Gasteiger partial charge in [0.15, 0.2) is 0 Å². The van der Waals surface area contributed by atoms with Gasteiger partial charge >= 0.3 is 6.09 Å². The molecule has 0 aromatic rings. The Morgan fingerprint density at radius 3 is 1.96 bits per heavy atom. The summed E-state index contributed by atoms with van der Waals surface area (Å²) in [4.78, 5) is 26.6. The van der Waals surface area contributed by atoms with Crippen LogP contribution in [0.25, 0.3) is 0 Å². The van der Waals surface area contributed by atoms with E-state index < -0.39 is 11.7 Å². The second kappa shape index (κ2) is 12.1. The van der Waals surface area contributed by atoms with Gasteiger partial charge in [-0.25, -0.2) is 10.2 Å². The molecule has 1 heterocycles. The number of carbonyl (C=O) groups is 2. The average Bonchev–Trinajstić information content (AvgIpc) is 2.53. The number of amides is 2. The van der Waals surface area contributed by atoms with Crippen LogP contribution in [-0.4, -0.2) is 93.0 Å². The summed E-state index contributed by atoms with van der Waals surface area (Å²) in [6.45, 7) is 14.7. The summed E-state index contributed by atoms with van der Waals surface area (Å²) in [7, 11) is 0. The van der Waals surface area contributed by atoms with Crippen LogP contribution in [0.1, 0.15) is 27.7 Å². The van der Waals surface area contributed by atoms with Gasteiger partial charge in [0.25, 0.3) is 5.91 Å². The lowest BCUT2D eigenvalue weighted by molar-refractivity contribution is -0.135. The molecule has 1 aliphatic rings. The molecular weight excluding hydrogens is 336 g/mol. The third-order valence-corrected chi connectivity index (χ3v) is 3.77. The van der Waals surface area contributed by atoms with Crippen LogP contribution in [0.15, 0.2) is 0 Å². The van der Waals surface area contributed by atoms with Crippen LogP contribution in [0.5, 0.6) is 0 Å². The maximum absolute atomic E-state index is 12.6. The molecule has 4 N–H and O–H groups in total. The molecule has 0 radical (unpaired) electrons. The zero-order valence-corrected chi connectivity index (χ0v) is 16.7. The number of likely N-dealkylation sites (N-methyl/N-ethyl adjacent to an activating group) is 1. The topological polar surface area (TPSA) is 98.0 Å². The van der Waals surface area contributed by atoms with Crippen LogP contribution in [0.4, 0.5) is 4.79 Å². The largest absolute Gasteiger partial charge is 0.443 e. The molecule has 0 bridgehead atoms. The molecule has 1 aliphatic heterocycles. The predicted molar refractivity (Wildman–Crippen MR) is 102 cm³/mol. The van der Waals surface area contributed by atoms with Crippen LogP contribution >= 0.6 is 0 Å². The molecule has 0 saturated carbocycles. The molecule has 26 heavy (non-hydrogen) atoms. The summed E-state index contributed by atoms with van der Waals surface area (Å²) in [5.41, 5.74) is 1.94. The Hall–Kier alpha value is -1.42. The highest BCUT2D eigenvalue weighted by molar-refractivity contribution is 5.80. The fraction of sp³-hybridized carbons (Fsp3) is 0.882. The van der Waals surface area contributed by atoms with E-state index in [0.29, 0.717) is 6.54 Å². The van der Waals surface area contributed by atoms with E-state index in [1.807, 2.05) is 6.92 Å². The lowest BCUT2D eigenvalue weighted by Crippen LogP contribution is -2.52. The van der Waals surface area contributed by atoms with E-state index in [0.717, 1.165) is 52.4 Å². The summed E-state index contributed by atoms with van der Waals surface area (Å²) in [6.07, 6.45) is -0.614. The summed E-state index contributed by atoms with van der Waals surface area (Å²) in [5, 5.41) is 11.4. The number of rotatable bonds is 3. The van der Waals surface area contributed by atoms with E-state index in [4.69, 9.17) is 4.74 Å². The number of ether oxygens (including phenoxy) is 1. The fourth-order valence-electron chi connectivity index (χ4n) is 2.48. The first-order valence-corrected chi connectivity index (χ1v) is 9.46. The van der Waals surface area contributed by atoms with E-state index in [-0.39, 0.29) is 12.5 Å². The number of nitrogens with one attached hydrogen (secondary N) is 4. The van der Waals surface area contributed by atoms with E-state index in [2.05, 4.69) is 26.3 Å². The van der Waals surface area contributed by atoms with Crippen LogP contribution in [-0.2, 0) is 9.53 Å². The molecule has 0 aliphatic carbocycles. The molecule has 0 aromatic carbocycles. The minimum absolute atomic E-state index is 0.146. The van der Waals surface area contributed by atoms with Crippen molar-refractivity contribution in [1.82, 2.24) is 31.3 Å². The highest BCUT2D eigenvalue weighted by Gasteiger charge is 2.21. The summed E-state index contributed by atoms with van der Waals surface area (Å²) >= 11 is 0. The summed E-state index contributed by atoms with van der Waals surface area (Å²) in [5.74, 6) is -0.146. The Bertz CT molecular complexity index is 415. The van der Waals surface area contributed by atoms with Crippen molar-refractivity contribution in [2.24, 2.45) is 0 Å². The minimum atomic E-state index is -0.614. The van der Waals surface area contributed by atoms with Crippen LogP contribution in [0.2, 0.25) is 0 Å². The summed E-state index contributed by atoms with van der Waals surface area (Å²) in [6, 6.07) is 0. The van der Waals surface area contributed by atoms with Crippen molar-refractivity contribution in [2.45, 2.75) is 33.3 Å². The standard InChI is InChI=1S/C17H36N6O3/c1-5-23(21-16(25)26-17(2,3)4)15(24)14-22-12-10-19-8-6-18-7-9-20-11-13-22/h18-20H,5-14H2,1-4H3,(H,21,25). The van der Waals surface area contributed by atoms with Crippen molar-refractivity contribution in [1.29, 1.82) is 0 Å². The molecule has 0 atom stereocenters. The zero-order chi connectivity index (χ0) is 19.4. The zero-order valence-electron chi connectivity index (χ0n) is 16.7. The Kier molecular flexibility index (Phi) is 10.5. The Labute approximate surface area is 157 Å². The molecule has 9 heteroatoms. The van der Waals surface area contributed by atoms with E-state index in [1.54, 1.807) is 20.8 Å². The minimum Gasteiger partial charge on any atom is -0.443 e. The van der Waals surface area contributed by atoms with Gasteiger partial charge in [0, 0.05) is 58.9 Å². The van der Waals surface area contributed by atoms with Crippen molar-refractivity contribution in [3.05, 3.63) is 0 Å². The van der Waals surface area contributed by atoms with Crippen molar-refractivity contribution >= 4 is 12.0 Å². The highest BCUT2D eigenvalue weighted by atomic mass is 16.6. The smallest absolute Gasteiger partial charge is 0.426 e. The molecular formula is C17H36N6O3. The maximum atomic E-state index is 12.6. The SMILES string of the molecule is CCN(NC(=O)OC(C)(C)C)C(=O)CN1CCNCCNCCNCC1. The van der Waals surface area contributed by atoms with Gasteiger partial charge in [0.1, 0.15) is 5.60 Å².